The number of rotatable bonds is 4. The number of aromatic carboxylic acids is 1. The van der Waals surface area contributed by atoms with Gasteiger partial charge in [-0.15, -0.1) is 0 Å². The fourth-order valence-electron chi connectivity index (χ4n) is 1.67. The summed E-state index contributed by atoms with van der Waals surface area (Å²) in [6.07, 6.45) is -2.09. The Kier molecular flexibility index (Phi) is 4.12. The molecule has 0 amide bonds. The number of aliphatic hydroxyl groups is 2. The Balaban J connectivity index is 3.17. The van der Waals surface area contributed by atoms with Gasteiger partial charge in [0.15, 0.2) is 0 Å². The van der Waals surface area contributed by atoms with Gasteiger partial charge >= 0.3 is 5.97 Å². The van der Waals surface area contributed by atoms with Crippen LogP contribution in [0.5, 0.6) is 0 Å². The first-order chi connectivity index (χ1) is 7.40. The van der Waals surface area contributed by atoms with Crippen LogP contribution >= 0.6 is 15.9 Å². The molecule has 0 aromatic carbocycles. The van der Waals surface area contributed by atoms with E-state index in [2.05, 4.69) is 20.9 Å². The molecule has 0 aliphatic heterocycles. The van der Waals surface area contributed by atoms with Crippen molar-refractivity contribution in [1.82, 2.24) is 4.98 Å². The number of H-pyrrole nitrogens is 1. The summed E-state index contributed by atoms with van der Waals surface area (Å²) in [6.45, 7) is 3.22. The Bertz CT molecular complexity index is 402. The zero-order valence-corrected chi connectivity index (χ0v) is 10.6. The number of carboxylic acids is 1. The van der Waals surface area contributed by atoms with E-state index in [-0.39, 0.29) is 10.9 Å². The van der Waals surface area contributed by atoms with Crippen molar-refractivity contribution in [3.05, 3.63) is 22.5 Å². The van der Waals surface area contributed by atoms with Gasteiger partial charge in [-0.05, 0) is 19.4 Å². The van der Waals surface area contributed by atoms with Gasteiger partial charge in [0.25, 0.3) is 0 Å². The van der Waals surface area contributed by atoms with Gasteiger partial charge in [0.2, 0.25) is 0 Å². The molecule has 0 saturated heterocycles. The van der Waals surface area contributed by atoms with Crippen molar-refractivity contribution in [2.75, 3.05) is 5.33 Å². The first kappa shape index (κ1) is 13.2. The maximum absolute atomic E-state index is 10.9. The summed E-state index contributed by atoms with van der Waals surface area (Å²) in [5.74, 6) is -1.04. The monoisotopic (exact) mass is 291 g/mol. The van der Waals surface area contributed by atoms with Crippen LogP contribution in [-0.4, -0.2) is 37.7 Å². The minimum Gasteiger partial charge on any atom is -0.478 e. The molecular formula is C10H14BrNO4. The van der Waals surface area contributed by atoms with E-state index in [1.54, 1.807) is 13.8 Å². The standard InChI is InChI=1S/C10H14BrNO4/c1-4-7(10(15)16)5(2)12-8(4)9(14)6(13)3-11/h6,9,12-14H,3H2,1-2H3,(H,15,16). The SMILES string of the molecule is Cc1[nH]c(C(O)C(O)CBr)c(C)c1C(=O)O. The first-order valence-corrected chi connectivity index (χ1v) is 5.86. The molecule has 0 aliphatic carbocycles. The molecule has 1 rings (SSSR count). The highest BCUT2D eigenvalue weighted by atomic mass is 79.9. The van der Waals surface area contributed by atoms with Crippen molar-refractivity contribution in [2.24, 2.45) is 0 Å². The lowest BCUT2D eigenvalue weighted by Gasteiger charge is -2.15. The summed E-state index contributed by atoms with van der Waals surface area (Å²) in [5, 5.41) is 28.4. The maximum Gasteiger partial charge on any atom is 0.337 e. The van der Waals surface area contributed by atoms with Crippen molar-refractivity contribution >= 4 is 21.9 Å². The van der Waals surface area contributed by atoms with Gasteiger partial charge in [0.05, 0.1) is 17.4 Å². The van der Waals surface area contributed by atoms with Crippen LogP contribution in [-0.2, 0) is 0 Å². The van der Waals surface area contributed by atoms with E-state index in [4.69, 9.17) is 5.11 Å². The van der Waals surface area contributed by atoms with Gasteiger partial charge in [0, 0.05) is 11.0 Å². The fraction of sp³-hybridized carbons (Fsp3) is 0.500. The van der Waals surface area contributed by atoms with Crippen molar-refractivity contribution in [3.63, 3.8) is 0 Å². The lowest BCUT2D eigenvalue weighted by molar-refractivity contribution is 0.0313. The highest BCUT2D eigenvalue weighted by Crippen LogP contribution is 2.25. The third kappa shape index (κ3) is 2.28. The quantitative estimate of drug-likeness (QED) is 0.626. The van der Waals surface area contributed by atoms with E-state index in [1.165, 1.54) is 0 Å². The molecule has 5 nitrogen and oxygen atoms in total. The molecule has 0 fully saturated rings. The molecule has 0 spiro atoms. The number of carboxylic acid groups (broad SMARTS) is 1. The predicted molar refractivity (Wildman–Crippen MR) is 62.0 cm³/mol. The molecular weight excluding hydrogens is 278 g/mol. The van der Waals surface area contributed by atoms with Crippen LogP contribution in [0, 0.1) is 13.8 Å². The van der Waals surface area contributed by atoms with E-state index in [9.17, 15) is 15.0 Å². The van der Waals surface area contributed by atoms with Crippen LogP contribution in [0.1, 0.15) is 33.4 Å². The zero-order valence-electron chi connectivity index (χ0n) is 8.99. The molecule has 2 atom stereocenters. The van der Waals surface area contributed by atoms with Crippen molar-refractivity contribution in [1.29, 1.82) is 0 Å². The summed E-state index contributed by atoms with van der Waals surface area (Å²) in [6, 6.07) is 0. The summed E-state index contributed by atoms with van der Waals surface area (Å²) in [7, 11) is 0. The molecule has 0 bridgehead atoms. The molecule has 4 N–H and O–H groups in total. The zero-order chi connectivity index (χ0) is 12.5. The van der Waals surface area contributed by atoms with Gasteiger partial charge in [-0.25, -0.2) is 4.79 Å². The Morgan fingerprint density at radius 2 is 2.00 bits per heavy atom. The summed E-state index contributed by atoms with van der Waals surface area (Å²) >= 11 is 3.05. The average Bonchev–Trinajstić information content (AvgIpc) is 2.51. The maximum atomic E-state index is 10.9. The van der Waals surface area contributed by atoms with E-state index in [1.807, 2.05) is 0 Å². The Morgan fingerprint density at radius 3 is 2.38 bits per heavy atom. The number of alkyl halides is 1. The van der Waals surface area contributed by atoms with Gasteiger partial charge in [0.1, 0.15) is 6.10 Å². The molecule has 1 aromatic rings. The van der Waals surface area contributed by atoms with Crippen molar-refractivity contribution in [3.8, 4) is 0 Å². The number of aryl methyl sites for hydroxylation is 1. The molecule has 1 heterocycles. The number of hydrogen-bond acceptors (Lipinski definition) is 3. The van der Waals surface area contributed by atoms with Crippen LogP contribution in [0.4, 0.5) is 0 Å². The molecule has 16 heavy (non-hydrogen) atoms. The van der Waals surface area contributed by atoms with Crippen LogP contribution in [0.3, 0.4) is 0 Å². The number of halogens is 1. The molecule has 1 aromatic heterocycles. The van der Waals surface area contributed by atoms with Crippen molar-refractivity contribution < 1.29 is 20.1 Å². The number of carbonyl (C=O) groups is 1. The number of hydrogen-bond donors (Lipinski definition) is 4. The second-order valence-corrected chi connectivity index (χ2v) is 4.28. The van der Waals surface area contributed by atoms with Crippen LogP contribution in [0.25, 0.3) is 0 Å². The number of aliphatic hydroxyl groups excluding tert-OH is 2. The lowest BCUT2D eigenvalue weighted by atomic mass is 10.1. The van der Waals surface area contributed by atoms with Gasteiger partial charge < -0.3 is 20.3 Å². The summed E-state index contributed by atoms with van der Waals surface area (Å²) in [4.78, 5) is 13.7. The second-order valence-electron chi connectivity index (χ2n) is 3.64. The van der Waals surface area contributed by atoms with E-state index >= 15 is 0 Å². The topological polar surface area (TPSA) is 93.5 Å². The predicted octanol–water partition coefficient (Wildman–Crippen LogP) is 1.12. The van der Waals surface area contributed by atoms with Gasteiger partial charge in [-0.3, -0.25) is 0 Å². The Hall–Kier alpha value is -0.850. The minimum atomic E-state index is -1.12. The fourth-order valence-corrected chi connectivity index (χ4v) is 2.02. The largest absolute Gasteiger partial charge is 0.478 e. The number of aromatic amines is 1. The molecule has 0 aliphatic rings. The smallest absolute Gasteiger partial charge is 0.337 e. The van der Waals surface area contributed by atoms with Crippen LogP contribution < -0.4 is 0 Å². The minimum absolute atomic E-state index is 0.149. The van der Waals surface area contributed by atoms with Gasteiger partial charge in [-0.1, -0.05) is 15.9 Å². The summed E-state index contributed by atoms with van der Waals surface area (Å²) < 4.78 is 0. The molecule has 0 saturated carbocycles. The van der Waals surface area contributed by atoms with Crippen LogP contribution in [0.2, 0.25) is 0 Å². The first-order valence-electron chi connectivity index (χ1n) is 4.74. The van der Waals surface area contributed by atoms with Gasteiger partial charge in [-0.2, -0.15) is 0 Å². The highest BCUT2D eigenvalue weighted by molar-refractivity contribution is 9.09. The average molecular weight is 292 g/mol. The Morgan fingerprint density at radius 1 is 1.44 bits per heavy atom. The third-order valence-corrected chi connectivity index (χ3v) is 3.17. The van der Waals surface area contributed by atoms with Crippen molar-refractivity contribution in [2.45, 2.75) is 26.1 Å². The van der Waals surface area contributed by atoms with E-state index in [0.29, 0.717) is 17.0 Å². The Labute approximate surface area is 101 Å². The molecule has 90 valence electrons. The molecule has 6 heteroatoms. The molecule has 0 radical (unpaired) electrons. The number of nitrogens with one attached hydrogen (secondary N) is 1. The summed E-state index contributed by atoms with van der Waals surface area (Å²) in [5.41, 5.74) is 1.43. The van der Waals surface area contributed by atoms with E-state index in [0.717, 1.165) is 0 Å². The van der Waals surface area contributed by atoms with E-state index < -0.39 is 18.2 Å². The number of aromatic nitrogens is 1. The lowest BCUT2D eigenvalue weighted by Crippen LogP contribution is -2.20. The second kappa shape index (κ2) is 4.99. The normalized spacial score (nSPS) is 14.8. The molecule has 2 unspecified atom stereocenters. The third-order valence-electron chi connectivity index (χ3n) is 2.51. The van der Waals surface area contributed by atoms with Crippen LogP contribution in [0.15, 0.2) is 0 Å². The highest BCUT2D eigenvalue weighted by Gasteiger charge is 2.25.